The first kappa shape index (κ1) is 15.5. The molecule has 0 radical (unpaired) electrons. The molecule has 0 bridgehead atoms. The molecule has 1 aromatic rings. The van der Waals surface area contributed by atoms with Crippen molar-refractivity contribution in [3.8, 4) is 0 Å². The lowest BCUT2D eigenvalue weighted by Gasteiger charge is -2.14. The Hall–Kier alpha value is -1.87. The lowest BCUT2D eigenvalue weighted by atomic mass is 10.1. The van der Waals surface area contributed by atoms with Crippen molar-refractivity contribution in [1.29, 1.82) is 0 Å². The van der Waals surface area contributed by atoms with Gasteiger partial charge in [0.2, 0.25) is 10.0 Å². The Morgan fingerprint density at radius 1 is 1.57 bits per heavy atom. The van der Waals surface area contributed by atoms with E-state index in [9.17, 15) is 12.8 Å². The zero-order chi connectivity index (χ0) is 15.5. The molecule has 0 amide bonds. The highest BCUT2D eigenvalue weighted by molar-refractivity contribution is 7.92. The molecule has 1 aliphatic rings. The second-order valence-electron chi connectivity index (χ2n) is 4.67. The third kappa shape index (κ3) is 3.82. The maximum absolute atomic E-state index is 13.7. The first-order chi connectivity index (χ1) is 9.93. The number of halogens is 1. The van der Waals surface area contributed by atoms with Crippen LogP contribution >= 0.6 is 0 Å². The Bertz CT molecular complexity index is 642. The fourth-order valence-corrected chi connectivity index (χ4v) is 3.49. The molecule has 9 heteroatoms. The van der Waals surface area contributed by atoms with Gasteiger partial charge < -0.3 is 15.7 Å². The third-order valence-electron chi connectivity index (χ3n) is 3.07. The number of rotatable bonds is 5. The summed E-state index contributed by atoms with van der Waals surface area (Å²) in [5, 5.41) is 11.4. The predicted molar refractivity (Wildman–Crippen MR) is 75.3 cm³/mol. The molecule has 116 valence electrons. The summed E-state index contributed by atoms with van der Waals surface area (Å²) in [6, 6.07) is 3.75. The maximum atomic E-state index is 13.7. The van der Waals surface area contributed by atoms with E-state index in [1.807, 2.05) is 0 Å². The van der Waals surface area contributed by atoms with Gasteiger partial charge in [-0.25, -0.2) is 12.8 Å². The minimum atomic E-state index is -3.73. The van der Waals surface area contributed by atoms with Gasteiger partial charge in [0, 0.05) is 6.61 Å². The molecule has 0 aliphatic carbocycles. The van der Waals surface area contributed by atoms with E-state index in [-0.39, 0.29) is 23.1 Å². The standard InChI is InChI=1S/C12H16FN3O4S/c13-9-4-1-5-10(11(9)12(14)15-17)16-21(18,19)7-8-3-2-6-20-8/h1,4-5,8,16-17H,2-3,6-7H2,(H2,14,15). The number of ether oxygens (including phenoxy) is 1. The summed E-state index contributed by atoms with van der Waals surface area (Å²) in [4.78, 5) is 0. The van der Waals surface area contributed by atoms with Gasteiger partial charge in [0.05, 0.1) is 23.1 Å². The maximum Gasteiger partial charge on any atom is 0.235 e. The van der Waals surface area contributed by atoms with Crippen LogP contribution in [0.1, 0.15) is 18.4 Å². The van der Waals surface area contributed by atoms with Gasteiger partial charge in [0.25, 0.3) is 0 Å². The predicted octanol–water partition coefficient (Wildman–Crippen LogP) is 0.841. The summed E-state index contributed by atoms with van der Waals surface area (Å²) < 4.78 is 45.4. The first-order valence-electron chi connectivity index (χ1n) is 6.31. The normalized spacial score (nSPS) is 19.7. The lowest BCUT2D eigenvalue weighted by Crippen LogP contribution is -2.27. The molecule has 0 aromatic heterocycles. The molecule has 1 fully saturated rings. The quantitative estimate of drug-likeness (QED) is 0.322. The summed E-state index contributed by atoms with van der Waals surface area (Å²) in [5.74, 6) is -1.52. The van der Waals surface area contributed by atoms with Gasteiger partial charge in [-0.05, 0) is 25.0 Å². The number of hydrogen-bond acceptors (Lipinski definition) is 5. The summed E-state index contributed by atoms with van der Waals surface area (Å²) in [6.45, 7) is 0.537. The number of nitrogens with two attached hydrogens (primary N) is 1. The summed E-state index contributed by atoms with van der Waals surface area (Å²) in [5.41, 5.74) is 5.00. The molecular formula is C12H16FN3O4S. The van der Waals surface area contributed by atoms with Crippen molar-refractivity contribution in [2.75, 3.05) is 17.1 Å². The van der Waals surface area contributed by atoms with Crippen LogP contribution in [0, 0.1) is 5.82 Å². The van der Waals surface area contributed by atoms with Gasteiger partial charge in [-0.3, -0.25) is 4.72 Å². The molecule has 2 rings (SSSR count). The highest BCUT2D eigenvalue weighted by Gasteiger charge is 2.25. The van der Waals surface area contributed by atoms with Crippen LogP contribution in [0.3, 0.4) is 0 Å². The van der Waals surface area contributed by atoms with E-state index in [1.54, 1.807) is 0 Å². The van der Waals surface area contributed by atoms with Crippen molar-refractivity contribution in [3.63, 3.8) is 0 Å². The van der Waals surface area contributed by atoms with E-state index in [2.05, 4.69) is 9.88 Å². The number of benzene rings is 1. The van der Waals surface area contributed by atoms with Crippen molar-refractivity contribution < 1.29 is 22.8 Å². The molecular weight excluding hydrogens is 301 g/mol. The first-order valence-corrected chi connectivity index (χ1v) is 7.96. The highest BCUT2D eigenvalue weighted by Crippen LogP contribution is 2.21. The van der Waals surface area contributed by atoms with Crippen molar-refractivity contribution in [3.05, 3.63) is 29.6 Å². The van der Waals surface area contributed by atoms with Crippen LogP contribution in [0.15, 0.2) is 23.4 Å². The Morgan fingerprint density at radius 3 is 2.95 bits per heavy atom. The number of amidine groups is 1. The summed E-state index contributed by atoms with van der Waals surface area (Å²) in [6.07, 6.45) is 1.11. The topological polar surface area (TPSA) is 114 Å². The average molecular weight is 317 g/mol. The molecule has 0 saturated carbocycles. The molecule has 1 unspecified atom stereocenters. The third-order valence-corrected chi connectivity index (χ3v) is 4.41. The van der Waals surface area contributed by atoms with Crippen LogP contribution in [0.4, 0.5) is 10.1 Å². The smallest absolute Gasteiger partial charge is 0.235 e. The number of nitrogens with zero attached hydrogens (tertiary/aromatic N) is 1. The Morgan fingerprint density at radius 2 is 2.33 bits per heavy atom. The molecule has 0 spiro atoms. The highest BCUT2D eigenvalue weighted by atomic mass is 32.2. The number of nitrogens with one attached hydrogen (secondary N) is 1. The van der Waals surface area contributed by atoms with Crippen LogP contribution in [-0.2, 0) is 14.8 Å². The van der Waals surface area contributed by atoms with Crippen LogP contribution in [0.2, 0.25) is 0 Å². The number of hydrogen-bond donors (Lipinski definition) is 3. The van der Waals surface area contributed by atoms with Crippen LogP contribution in [0.25, 0.3) is 0 Å². The zero-order valence-corrected chi connectivity index (χ0v) is 11.9. The molecule has 7 nitrogen and oxygen atoms in total. The van der Waals surface area contributed by atoms with Crippen molar-refractivity contribution >= 4 is 21.5 Å². The minimum absolute atomic E-state index is 0.0803. The monoisotopic (exact) mass is 317 g/mol. The van der Waals surface area contributed by atoms with Crippen molar-refractivity contribution in [1.82, 2.24) is 0 Å². The van der Waals surface area contributed by atoms with Gasteiger partial charge in [-0.1, -0.05) is 11.2 Å². The van der Waals surface area contributed by atoms with E-state index >= 15 is 0 Å². The van der Waals surface area contributed by atoms with Gasteiger partial charge in [0.15, 0.2) is 5.84 Å². The summed E-state index contributed by atoms with van der Waals surface area (Å²) in [7, 11) is -3.73. The Balaban J connectivity index is 2.24. The second kappa shape index (κ2) is 6.27. The van der Waals surface area contributed by atoms with E-state index < -0.39 is 21.7 Å². The van der Waals surface area contributed by atoms with Crippen molar-refractivity contribution in [2.24, 2.45) is 10.9 Å². The lowest BCUT2D eigenvalue weighted by molar-refractivity contribution is 0.127. The van der Waals surface area contributed by atoms with E-state index in [4.69, 9.17) is 15.7 Å². The molecule has 1 saturated heterocycles. The van der Waals surface area contributed by atoms with Gasteiger partial charge in [-0.2, -0.15) is 0 Å². The van der Waals surface area contributed by atoms with E-state index in [0.717, 1.165) is 12.5 Å². The zero-order valence-electron chi connectivity index (χ0n) is 11.1. The molecule has 1 atom stereocenters. The van der Waals surface area contributed by atoms with Gasteiger partial charge in [0.1, 0.15) is 5.82 Å². The SMILES string of the molecule is NC(=NO)c1c(F)cccc1NS(=O)(=O)CC1CCCO1. The van der Waals surface area contributed by atoms with Crippen molar-refractivity contribution in [2.45, 2.75) is 18.9 Å². The fraction of sp³-hybridized carbons (Fsp3) is 0.417. The Kier molecular flexibility index (Phi) is 4.63. The Labute approximate surface area is 121 Å². The second-order valence-corrected chi connectivity index (χ2v) is 6.43. The molecule has 1 aliphatic heterocycles. The van der Waals surface area contributed by atoms with Gasteiger partial charge >= 0.3 is 0 Å². The minimum Gasteiger partial charge on any atom is -0.409 e. The largest absolute Gasteiger partial charge is 0.409 e. The number of anilines is 1. The molecule has 4 N–H and O–H groups in total. The van der Waals surface area contributed by atoms with Gasteiger partial charge in [-0.15, -0.1) is 0 Å². The number of sulfonamides is 1. The van der Waals surface area contributed by atoms with E-state index in [0.29, 0.717) is 13.0 Å². The molecule has 21 heavy (non-hydrogen) atoms. The summed E-state index contributed by atoms with van der Waals surface area (Å²) >= 11 is 0. The average Bonchev–Trinajstić information content (AvgIpc) is 2.89. The number of oxime groups is 1. The fourth-order valence-electron chi connectivity index (χ4n) is 2.15. The van der Waals surface area contributed by atoms with Crippen LogP contribution in [0.5, 0.6) is 0 Å². The molecule has 1 aromatic carbocycles. The molecule has 1 heterocycles. The van der Waals surface area contributed by atoms with Crippen LogP contribution in [-0.4, -0.2) is 37.9 Å². The van der Waals surface area contributed by atoms with E-state index in [1.165, 1.54) is 12.1 Å². The van der Waals surface area contributed by atoms with Crippen LogP contribution < -0.4 is 10.5 Å².